The summed E-state index contributed by atoms with van der Waals surface area (Å²) in [7, 11) is 0. The van der Waals surface area contributed by atoms with Crippen molar-refractivity contribution in [3.8, 4) is 0 Å². The molecule has 1 rings (SSSR count). The molecule has 0 saturated heterocycles. The summed E-state index contributed by atoms with van der Waals surface area (Å²) in [5, 5.41) is 12.0. The maximum atomic E-state index is 13.3. The number of alkyl halides is 2. The molecule has 2 N–H and O–H groups in total. The van der Waals surface area contributed by atoms with Gasteiger partial charge in [0.05, 0.1) is 12.6 Å². The van der Waals surface area contributed by atoms with Gasteiger partial charge in [0, 0.05) is 18.8 Å². The van der Waals surface area contributed by atoms with Crippen LogP contribution in [0.25, 0.3) is 0 Å². The van der Waals surface area contributed by atoms with Crippen molar-refractivity contribution in [3.05, 3.63) is 0 Å². The highest BCUT2D eigenvalue weighted by molar-refractivity contribution is 5.79. The summed E-state index contributed by atoms with van der Waals surface area (Å²) in [5.74, 6) is -3.68. The largest absolute Gasteiger partial charge is 0.394 e. The number of nitrogens with one attached hydrogen (secondary N) is 1. The number of hydrogen-bond acceptors (Lipinski definition) is 2. The molecular formula is C15H27F2NO2. The molecule has 0 aromatic carbocycles. The van der Waals surface area contributed by atoms with E-state index < -0.39 is 11.8 Å². The predicted molar refractivity (Wildman–Crippen MR) is 74.6 cm³/mol. The summed E-state index contributed by atoms with van der Waals surface area (Å²) >= 11 is 0. The quantitative estimate of drug-likeness (QED) is 0.817. The van der Waals surface area contributed by atoms with Crippen LogP contribution >= 0.6 is 0 Å². The molecule has 1 fully saturated rings. The van der Waals surface area contributed by atoms with E-state index in [-0.39, 0.29) is 36.8 Å². The number of rotatable bonds is 5. The SMILES string of the molecule is CC(C)(C)CC[C@@H](CO)NC(=O)[C@H]1CCCC(F)(F)C1. The van der Waals surface area contributed by atoms with E-state index in [9.17, 15) is 18.7 Å². The fourth-order valence-corrected chi connectivity index (χ4v) is 2.53. The Bertz CT molecular complexity index is 326. The lowest BCUT2D eigenvalue weighted by molar-refractivity contribution is -0.133. The van der Waals surface area contributed by atoms with E-state index in [2.05, 4.69) is 26.1 Å². The van der Waals surface area contributed by atoms with Crippen LogP contribution in [0.15, 0.2) is 0 Å². The maximum absolute atomic E-state index is 13.3. The summed E-state index contributed by atoms with van der Waals surface area (Å²) in [6.45, 7) is 6.12. The third-order valence-electron chi connectivity index (χ3n) is 3.82. The van der Waals surface area contributed by atoms with Gasteiger partial charge in [-0.2, -0.15) is 0 Å². The Morgan fingerprint density at radius 3 is 2.60 bits per heavy atom. The second-order valence-electron chi connectivity index (χ2n) is 7.14. The summed E-state index contributed by atoms with van der Waals surface area (Å²) in [4.78, 5) is 12.0. The fourth-order valence-electron chi connectivity index (χ4n) is 2.53. The van der Waals surface area contributed by atoms with Crippen LogP contribution < -0.4 is 5.32 Å². The van der Waals surface area contributed by atoms with Crippen LogP contribution in [-0.2, 0) is 4.79 Å². The molecular weight excluding hydrogens is 264 g/mol. The van der Waals surface area contributed by atoms with Crippen molar-refractivity contribution in [3.63, 3.8) is 0 Å². The number of amides is 1. The molecule has 118 valence electrons. The van der Waals surface area contributed by atoms with E-state index in [1.54, 1.807) is 0 Å². The molecule has 0 aliphatic heterocycles. The van der Waals surface area contributed by atoms with E-state index in [1.807, 2.05) is 0 Å². The van der Waals surface area contributed by atoms with Crippen LogP contribution in [0.2, 0.25) is 0 Å². The van der Waals surface area contributed by atoms with Gasteiger partial charge in [-0.1, -0.05) is 20.8 Å². The minimum atomic E-state index is -2.72. The van der Waals surface area contributed by atoms with E-state index in [4.69, 9.17) is 0 Å². The second-order valence-corrected chi connectivity index (χ2v) is 7.14. The number of hydrogen-bond donors (Lipinski definition) is 2. The molecule has 0 heterocycles. The summed E-state index contributed by atoms with van der Waals surface area (Å²) < 4.78 is 26.6. The second kappa shape index (κ2) is 6.83. The third-order valence-corrected chi connectivity index (χ3v) is 3.82. The number of carbonyl (C=O) groups is 1. The fraction of sp³-hybridized carbons (Fsp3) is 0.933. The smallest absolute Gasteiger partial charge is 0.248 e. The lowest BCUT2D eigenvalue weighted by atomic mass is 9.85. The Kier molecular flexibility index (Phi) is 5.92. The minimum absolute atomic E-state index is 0.121. The van der Waals surface area contributed by atoms with Gasteiger partial charge in [-0.25, -0.2) is 8.78 Å². The van der Waals surface area contributed by atoms with Gasteiger partial charge in [-0.3, -0.25) is 4.79 Å². The Hall–Kier alpha value is -0.710. The highest BCUT2D eigenvalue weighted by atomic mass is 19.3. The number of aliphatic hydroxyl groups is 1. The third kappa shape index (κ3) is 6.16. The van der Waals surface area contributed by atoms with Crippen molar-refractivity contribution >= 4 is 5.91 Å². The van der Waals surface area contributed by atoms with E-state index in [1.165, 1.54) is 0 Å². The number of carbonyl (C=O) groups excluding carboxylic acids is 1. The molecule has 1 saturated carbocycles. The van der Waals surface area contributed by atoms with Crippen LogP contribution in [0.3, 0.4) is 0 Å². The highest BCUT2D eigenvalue weighted by Crippen LogP contribution is 2.36. The Morgan fingerprint density at radius 1 is 1.45 bits per heavy atom. The molecule has 2 atom stereocenters. The topological polar surface area (TPSA) is 49.3 Å². The first-order chi connectivity index (χ1) is 9.13. The average molecular weight is 291 g/mol. The molecule has 3 nitrogen and oxygen atoms in total. The molecule has 5 heteroatoms. The first-order valence-electron chi connectivity index (χ1n) is 7.42. The molecule has 0 aromatic heterocycles. The standard InChI is InChI=1S/C15H27F2NO2/c1-14(2,3)8-6-12(10-19)18-13(20)11-5-4-7-15(16,17)9-11/h11-12,19H,4-10H2,1-3H3,(H,18,20)/t11-,12-/m0/s1. The van der Waals surface area contributed by atoms with Gasteiger partial charge in [-0.05, 0) is 31.1 Å². The predicted octanol–water partition coefficient (Wildman–Crippen LogP) is 3.12. The van der Waals surface area contributed by atoms with Crippen molar-refractivity contribution in [1.82, 2.24) is 5.32 Å². The molecule has 0 unspecified atom stereocenters. The summed E-state index contributed by atoms with van der Waals surface area (Å²) in [6.07, 6.45) is 1.93. The van der Waals surface area contributed by atoms with Gasteiger partial charge in [0.15, 0.2) is 0 Å². The van der Waals surface area contributed by atoms with Crippen molar-refractivity contribution < 1.29 is 18.7 Å². The first-order valence-corrected chi connectivity index (χ1v) is 7.42. The Balaban J connectivity index is 2.46. The highest BCUT2D eigenvalue weighted by Gasteiger charge is 2.39. The van der Waals surface area contributed by atoms with Crippen molar-refractivity contribution in [2.24, 2.45) is 11.3 Å². The maximum Gasteiger partial charge on any atom is 0.248 e. The number of aliphatic hydroxyl groups excluding tert-OH is 1. The zero-order chi connectivity index (χ0) is 15.4. The lowest BCUT2D eigenvalue weighted by Crippen LogP contribution is -2.44. The Labute approximate surface area is 120 Å². The van der Waals surface area contributed by atoms with Crippen LogP contribution in [0.5, 0.6) is 0 Å². The van der Waals surface area contributed by atoms with Crippen molar-refractivity contribution in [2.45, 2.75) is 71.3 Å². The van der Waals surface area contributed by atoms with Crippen molar-refractivity contribution in [1.29, 1.82) is 0 Å². The molecule has 0 aromatic rings. The molecule has 0 bridgehead atoms. The van der Waals surface area contributed by atoms with Gasteiger partial charge >= 0.3 is 0 Å². The first kappa shape index (κ1) is 17.3. The summed E-state index contributed by atoms with van der Waals surface area (Å²) in [5.41, 5.74) is 0.121. The monoisotopic (exact) mass is 291 g/mol. The summed E-state index contributed by atoms with van der Waals surface area (Å²) in [6, 6.07) is -0.336. The van der Waals surface area contributed by atoms with E-state index in [0.717, 1.165) is 6.42 Å². The molecule has 0 spiro atoms. The Morgan fingerprint density at radius 2 is 2.10 bits per heavy atom. The van der Waals surface area contributed by atoms with Crippen LogP contribution in [0, 0.1) is 11.3 Å². The van der Waals surface area contributed by atoms with Crippen LogP contribution in [0.4, 0.5) is 8.78 Å². The average Bonchev–Trinajstić information content (AvgIpc) is 2.31. The van der Waals surface area contributed by atoms with Gasteiger partial charge in [-0.15, -0.1) is 0 Å². The zero-order valence-electron chi connectivity index (χ0n) is 12.7. The molecule has 20 heavy (non-hydrogen) atoms. The van der Waals surface area contributed by atoms with Crippen LogP contribution in [-0.4, -0.2) is 29.6 Å². The minimum Gasteiger partial charge on any atom is -0.394 e. The van der Waals surface area contributed by atoms with Gasteiger partial charge in [0.25, 0.3) is 0 Å². The lowest BCUT2D eigenvalue weighted by Gasteiger charge is -2.30. The van der Waals surface area contributed by atoms with Gasteiger partial charge < -0.3 is 10.4 Å². The molecule has 1 aliphatic carbocycles. The van der Waals surface area contributed by atoms with E-state index >= 15 is 0 Å². The van der Waals surface area contributed by atoms with Crippen LogP contribution in [0.1, 0.15) is 59.3 Å². The number of halogens is 2. The molecule has 1 amide bonds. The van der Waals surface area contributed by atoms with Gasteiger partial charge in [0.1, 0.15) is 0 Å². The molecule has 0 radical (unpaired) electrons. The molecule has 1 aliphatic rings. The normalized spacial score (nSPS) is 24.2. The van der Waals surface area contributed by atoms with Gasteiger partial charge in [0.2, 0.25) is 11.8 Å². The zero-order valence-corrected chi connectivity index (χ0v) is 12.7. The van der Waals surface area contributed by atoms with Crippen molar-refractivity contribution in [2.75, 3.05) is 6.61 Å². The van der Waals surface area contributed by atoms with E-state index in [0.29, 0.717) is 19.3 Å².